The molecule has 0 aliphatic heterocycles. The standard InChI is InChI=1S/C7H8S.2ClH.Cu/c1-6-2-4-7(8)5-3-6;;;/h2-5,8H,1H3;2*1H;/q;;;+2/p-3. The van der Waals surface area contributed by atoms with Crippen molar-refractivity contribution in [1.29, 1.82) is 0 Å². The first kappa shape index (κ1) is 11.5. The fraction of sp³-hybridized carbons (Fsp3) is 0.143. The van der Waals surface area contributed by atoms with Gasteiger partial charge in [0.05, 0.1) is 0 Å². The second-order valence-electron chi connectivity index (χ2n) is 1.86. The third-order valence-corrected chi connectivity index (χ3v) is 1.29. The summed E-state index contributed by atoms with van der Waals surface area (Å²) in [5.74, 6) is 0. The van der Waals surface area contributed by atoms with Gasteiger partial charge in [-0.05, 0) is 6.92 Å². The molecular formula is C7H7Cl2CuS-. The molecule has 0 radical (unpaired) electrons. The van der Waals surface area contributed by atoms with E-state index in [1.165, 1.54) is 5.56 Å². The van der Waals surface area contributed by atoms with Crippen LogP contribution in [0.15, 0.2) is 29.2 Å². The van der Waals surface area contributed by atoms with Crippen LogP contribution in [-0.2, 0) is 25.8 Å². The van der Waals surface area contributed by atoms with Crippen molar-refractivity contribution in [2.24, 2.45) is 0 Å². The Morgan fingerprint density at radius 1 is 1.18 bits per heavy atom. The van der Waals surface area contributed by atoms with Gasteiger partial charge in [-0.25, -0.2) is 0 Å². The van der Waals surface area contributed by atoms with Gasteiger partial charge < -0.3 is 12.6 Å². The second kappa shape index (κ2) is 7.20. The number of hydrogen-bond acceptors (Lipinski definition) is 1. The maximum atomic E-state index is 4.87. The van der Waals surface area contributed by atoms with E-state index in [1.807, 2.05) is 24.3 Å². The molecule has 1 aromatic carbocycles. The molecule has 0 fully saturated rings. The summed E-state index contributed by atoms with van der Waals surface area (Å²) in [6.07, 6.45) is 0. The van der Waals surface area contributed by atoms with Crippen molar-refractivity contribution in [3.63, 3.8) is 0 Å². The topological polar surface area (TPSA) is 0 Å². The number of aryl methyl sites for hydroxylation is 1. The van der Waals surface area contributed by atoms with E-state index in [0.717, 1.165) is 18.0 Å². The molecule has 1 aromatic rings. The van der Waals surface area contributed by atoms with Crippen LogP contribution < -0.4 is 0 Å². The van der Waals surface area contributed by atoms with Gasteiger partial charge in [-0.2, -0.15) is 4.90 Å². The van der Waals surface area contributed by atoms with Gasteiger partial charge >= 0.3 is 33.3 Å². The van der Waals surface area contributed by atoms with Crippen molar-refractivity contribution in [2.45, 2.75) is 11.8 Å². The molecule has 0 saturated carbocycles. The summed E-state index contributed by atoms with van der Waals surface area (Å²) in [5.41, 5.74) is 1.26. The Kier molecular flexibility index (Phi) is 7.56. The molecule has 0 heterocycles. The molecular weight excluding hydrogens is 251 g/mol. The van der Waals surface area contributed by atoms with Gasteiger partial charge in [0.1, 0.15) is 0 Å². The Bertz CT molecular complexity index is 167. The Morgan fingerprint density at radius 3 is 1.82 bits per heavy atom. The van der Waals surface area contributed by atoms with E-state index >= 15 is 0 Å². The van der Waals surface area contributed by atoms with Gasteiger partial charge in [-0.15, -0.1) is 0 Å². The zero-order chi connectivity index (χ0) is 8.69. The van der Waals surface area contributed by atoms with Crippen LogP contribution in [0.25, 0.3) is 0 Å². The zero-order valence-electron chi connectivity index (χ0n) is 5.78. The molecule has 0 aromatic heterocycles. The summed E-state index contributed by atoms with van der Waals surface area (Å²) < 4.78 is 0. The zero-order valence-corrected chi connectivity index (χ0v) is 9.05. The summed E-state index contributed by atoms with van der Waals surface area (Å²) in [7, 11) is 9.34. The van der Waals surface area contributed by atoms with Crippen LogP contribution in [0.5, 0.6) is 0 Å². The molecule has 0 amide bonds. The first-order valence-corrected chi connectivity index (χ1v) is 5.75. The van der Waals surface area contributed by atoms with Crippen LogP contribution in [-0.4, -0.2) is 0 Å². The van der Waals surface area contributed by atoms with E-state index in [9.17, 15) is 0 Å². The third-order valence-electron chi connectivity index (χ3n) is 1.02. The molecule has 4 heteroatoms. The molecule has 0 spiro atoms. The SMILES string of the molecule is Cc1ccc([S-])cc1.[Cl][Cu][Cl]. The molecule has 0 unspecified atom stereocenters. The van der Waals surface area contributed by atoms with Crippen LogP contribution in [0.4, 0.5) is 0 Å². The molecule has 0 saturated heterocycles. The number of halogens is 2. The van der Waals surface area contributed by atoms with Crippen LogP contribution in [0.2, 0.25) is 0 Å². The molecule has 0 atom stereocenters. The van der Waals surface area contributed by atoms with Gasteiger partial charge in [0.25, 0.3) is 0 Å². The van der Waals surface area contributed by atoms with Gasteiger partial charge in [0, 0.05) is 0 Å². The minimum absolute atomic E-state index is 0.757. The monoisotopic (exact) mass is 256 g/mol. The van der Waals surface area contributed by atoms with Crippen molar-refractivity contribution < 1.29 is 13.1 Å². The quantitative estimate of drug-likeness (QED) is 0.508. The van der Waals surface area contributed by atoms with Crippen LogP contribution in [0, 0.1) is 6.92 Å². The van der Waals surface area contributed by atoms with Crippen LogP contribution >= 0.6 is 20.2 Å². The molecule has 1 rings (SSSR count). The van der Waals surface area contributed by atoms with Crippen LogP contribution in [0.3, 0.4) is 0 Å². The third kappa shape index (κ3) is 6.92. The Labute approximate surface area is 87.3 Å². The molecule has 0 bridgehead atoms. The second-order valence-corrected chi connectivity index (χ2v) is 3.88. The normalized spacial score (nSPS) is 8.64. The Balaban J connectivity index is 0.000000292. The number of hydrogen-bond donors (Lipinski definition) is 0. The summed E-state index contributed by atoms with van der Waals surface area (Å²) in [5, 5.41) is 0. The number of rotatable bonds is 0. The van der Waals surface area contributed by atoms with Gasteiger partial charge in [0.15, 0.2) is 0 Å². The molecule has 0 N–H and O–H groups in total. The average molecular weight is 258 g/mol. The molecule has 0 nitrogen and oxygen atoms in total. The predicted molar refractivity (Wildman–Crippen MR) is 48.5 cm³/mol. The average Bonchev–Trinajstić information content (AvgIpc) is 1.97. The van der Waals surface area contributed by atoms with E-state index in [0.29, 0.717) is 0 Å². The first-order valence-electron chi connectivity index (χ1n) is 2.75. The van der Waals surface area contributed by atoms with E-state index in [1.54, 1.807) is 0 Å². The molecule has 0 aliphatic carbocycles. The molecule has 67 valence electrons. The summed E-state index contributed by atoms with van der Waals surface area (Å²) in [6.45, 7) is 2.05. The summed E-state index contributed by atoms with van der Waals surface area (Å²) in [4.78, 5) is 0.913. The van der Waals surface area contributed by atoms with E-state index in [2.05, 4.69) is 27.1 Å². The van der Waals surface area contributed by atoms with Gasteiger partial charge in [0.2, 0.25) is 0 Å². The van der Waals surface area contributed by atoms with E-state index < -0.39 is 0 Å². The van der Waals surface area contributed by atoms with Crippen molar-refractivity contribution in [3.05, 3.63) is 29.8 Å². The van der Waals surface area contributed by atoms with Crippen molar-refractivity contribution in [2.75, 3.05) is 0 Å². The van der Waals surface area contributed by atoms with Gasteiger partial charge in [-0.3, -0.25) is 0 Å². The van der Waals surface area contributed by atoms with Gasteiger partial charge in [-0.1, -0.05) is 29.8 Å². The van der Waals surface area contributed by atoms with E-state index in [4.69, 9.17) is 12.6 Å². The fourth-order valence-electron chi connectivity index (χ4n) is 0.538. The number of benzene rings is 1. The predicted octanol–water partition coefficient (Wildman–Crippen LogP) is 3.28. The Hall–Kier alpha value is 0.539. The first-order chi connectivity index (χ1) is 5.20. The van der Waals surface area contributed by atoms with Crippen molar-refractivity contribution in [1.82, 2.24) is 0 Å². The summed E-state index contributed by atoms with van der Waals surface area (Å²) in [6, 6.07) is 7.90. The van der Waals surface area contributed by atoms with E-state index in [-0.39, 0.29) is 0 Å². The summed E-state index contributed by atoms with van der Waals surface area (Å²) >= 11 is 5.63. The van der Waals surface area contributed by atoms with Crippen molar-refractivity contribution in [3.8, 4) is 0 Å². The van der Waals surface area contributed by atoms with Crippen molar-refractivity contribution >= 4 is 32.8 Å². The minimum atomic E-state index is 0.757. The maximum absolute atomic E-state index is 4.87. The molecule has 11 heavy (non-hydrogen) atoms. The Morgan fingerprint density at radius 2 is 1.55 bits per heavy atom. The fourth-order valence-corrected chi connectivity index (χ4v) is 0.674. The van der Waals surface area contributed by atoms with Crippen LogP contribution in [0.1, 0.15) is 5.56 Å². The molecule has 0 aliphatic rings.